The highest BCUT2D eigenvalue weighted by atomic mass is 35.5. The third-order valence-corrected chi connectivity index (χ3v) is 5.40. The number of H-pyrrole nitrogens is 1. The average molecular weight is 365 g/mol. The Morgan fingerprint density at radius 3 is 2.71 bits per heavy atom. The van der Waals surface area contributed by atoms with E-state index in [9.17, 15) is 4.79 Å². The highest BCUT2D eigenvalue weighted by Crippen LogP contribution is 2.24. The molecule has 1 amide bonds. The second-order valence-electron chi connectivity index (χ2n) is 6.08. The van der Waals surface area contributed by atoms with Crippen LogP contribution in [-0.4, -0.2) is 32.4 Å². The fraction of sp³-hybridized carbons (Fsp3) is 0.471. The molecular weight excluding hydrogens is 344 g/mol. The number of hydrogen-bond acceptors (Lipinski definition) is 4. The summed E-state index contributed by atoms with van der Waals surface area (Å²) >= 11 is 7.26. The van der Waals surface area contributed by atoms with Gasteiger partial charge < -0.3 is 5.32 Å². The highest BCUT2D eigenvalue weighted by Gasteiger charge is 2.21. The average Bonchev–Trinajstić information content (AvgIpc) is 3.05. The SMILES string of the molecule is C[C@H](Sc1n[nH]c(-c2ccc(Cl)cc2)n1)C(=O)NC1CCCCC1. The minimum absolute atomic E-state index is 0.0599. The van der Waals surface area contributed by atoms with Crippen LogP contribution in [0.4, 0.5) is 0 Å². The lowest BCUT2D eigenvalue weighted by Crippen LogP contribution is -2.40. The molecule has 2 aromatic rings. The monoisotopic (exact) mass is 364 g/mol. The summed E-state index contributed by atoms with van der Waals surface area (Å²) in [5, 5.41) is 11.3. The molecule has 0 saturated heterocycles. The molecular formula is C17H21ClN4OS. The lowest BCUT2D eigenvalue weighted by molar-refractivity contribution is -0.121. The first-order valence-electron chi connectivity index (χ1n) is 8.27. The van der Waals surface area contributed by atoms with Gasteiger partial charge in [0.05, 0.1) is 5.25 Å². The summed E-state index contributed by atoms with van der Waals surface area (Å²) in [4.78, 5) is 16.8. The van der Waals surface area contributed by atoms with Gasteiger partial charge in [-0.2, -0.15) is 0 Å². The molecule has 0 radical (unpaired) electrons. The summed E-state index contributed by atoms with van der Waals surface area (Å²) in [5.74, 6) is 0.735. The molecule has 1 aliphatic carbocycles. The van der Waals surface area contributed by atoms with Crippen molar-refractivity contribution >= 4 is 29.3 Å². The molecule has 1 fully saturated rings. The van der Waals surface area contributed by atoms with Gasteiger partial charge in [0.25, 0.3) is 0 Å². The number of nitrogens with zero attached hydrogens (tertiary/aromatic N) is 2. The van der Waals surface area contributed by atoms with E-state index in [0.29, 0.717) is 22.0 Å². The van der Waals surface area contributed by atoms with Crippen LogP contribution < -0.4 is 5.32 Å². The number of aromatic nitrogens is 3. The van der Waals surface area contributed by atoms with Crippen molar-refractivity contribution in [3.63, 3.8) is 0 Å². The Hall–Kier alpha value is -1.53. The number of amides is 1. The first kappa shape index (κ1) is 17.3. The third kappa shape index (κ3) is 4.51. The zero-order valence-electron chi connectivity index (χ0n) is 13.6. The van der Waals surface area contributed by atoms with Gasteiger partial charge in [-0.1, -0.05) is 42.6 Å². The summed E-state index contributed by atoms with van der Waals surface area (Å²) in [6.07, 6.45) is 5.87. The van der Waals surface area contributed by atoms with Crippen LogP contribution in [0.5, 0.6) is 0 Å². The van der Waals surface area contributed by atoms with E-state index in [4.69, 9.17) is 11.6 Å². The van der Waals surface area contributed by atoms with Crippen molar-refractivity contribution in [3.8, 4) is 11.4 Å². The van der Waals surface area contributed by atoms with E-state index in [1.54, 1.807) is 0 Å². The Balaban J connectivity index is 1.57. The largest absolute Gasteiger partial charge is 0.352 e. The summed E-state index contributed by atoms with van der Waals surface area (Å²) in [7, 11) is 0. The Morgan fingerprint density at radius 1 is 1.29 bits per heavy atom. The molecule has 128 valence electrons. The van der Waals surface area contributed by atoms with Crippen LogP contribution in [-0.2, 0) is 4.79 Å². The maximum Gasteiger partial charge on any atom is 0.233 e. The molecule has 1 heterocycles. The molecule has 1 atom stereocenters. The second-order valence-corrected chi connectivity index (χ2v) is 7.82. The number of hydrogen-bond donors (Lipinski definition) is 2. The molecule has 24 heavy (non-hydrogen) atoms. The zero-order chi connectivity index (χ0) is 16.9. The van der Waals surface area contributed by atoms with Gasteiger partial charge in [-0.15, -0.1) is 5.10 Å². The van der Waals surface area contributed by atoms with Crippen LogP contribution in [0.15, 0.2) is 29.4 Å². The standard InChI is InChI=1S/C17H21ClN4OS/c1-11(16(23)19-14-5-3-2-4-6-14)24-17-20-15(21-22-17)12-7-9-13(18)10-8-12/h7-11,14H,2-6H2,1H3,(H,19,23)(H,20,21,22)/t11-/m0/s1. The summed E-state index contributed by atoms with van der Waals surface area (Å²) in [6.45, 7) is 1.89. The molecule has 5 nitrogen and oxygen atoms in total. The number of nitrogens with one attached hydrogen (secondary N) is 2. The van der Waals surface area contributed by atoms with Crippen LogP contribution in [0, 0.1) is 0 Å². The van der Waals surface area contributed by atoms with Crippen molar-refractivity contribution in [1.82, 2.24) is 20.5 Å². The number of thioether (sulfide) groups is 1. The van der Waals surface area contributed by atoms with Gasteiger partial charge in [0.1, 0.15) is 0 Å². The Morgan fingerprint density at radius 2 is 2.00 bits per heavy atom. The van der Waals surface area contributed by atoms with Crippen molar-refractivity contribution < 1.29 is 4.79 Å². The van der Waals surface area contributed by atoms with Crippen LogP contribution in [0.2, 0.25) is 5.02 Å². The smallest absolute Gasteiger partial charge is 0.233 e. The van der Waals surface area contributed by atoms with Gasteiger partial charge >= 0.3 is 0 Å². The van der Waals surface area contributed by atoms with Gasteiger partial charge in [-0.3, -0.25) is 9.89 Å². The van der Waals surface area contributed by atoms with E-state index in [0.717, 1.165) is 18.4 Å². The molecule has 0 bridgehead atoms. The summed E-state index contributed by atoms with van der Waals surface area (Å²) in [5.41, 5.74) is 0.915. The van der Waals surface area contributed by atoms with E-state index >= 15 is 0 Å². The molecule has 0 spiro atoms. The maximum absolute atomic E-state index is 12.3. The molecule has 0 unspecified atom stereocenters. The minimum Gasteiger partial charge on any atom is -0.352 e. The normalized spacial score (nSPS) is 16.8. The molecule has 1 aromatic carbocycles. The van der Waals surface area contributed by atoms with Crippen LogP contribution in [0.3, 0.4) is 0 Å². The predicted molar refractivity (Wildman–Crippen MR) is 97.2 cm³/mol. The number of carbonyl (C=O) groups is 1. The van der Waals surface area contributed by atoms with Crippen molar-refractivity contribution in [3.05, 3.63) is 29.3 Å². The van der Waals surface area contributed by atoms with Gasteiger partial charge in [-0.25, -0.2) is 4.98 Å². The zero-order valence-corrected chi connectivity index (χ0v) is 15.2. The molecule has 1 saturated carbocycles. The first-order valence-corrected chi connectivity index (χ1v) is 9.53. The van der Waals surface area contributed by atoms with Gasteiger partial charge in [0.2, 0.25) is 11.1 Å². The maximum atomic E-state index is 12.3. The van der Waals surface area contributed by atoms with E-state index in [-0.39, 0.29) is 11.2 Å². The lowest BCUT2D eigenvalue weighted by Gasteiger charge is -2.24. The van der Waals surface area contributed by atoms with Gasteiger partial charge in [-0.05, 0) is 44.0 Å². The number of benzene rings is 1. The molecule has 3 rings (SSSR count). The van der Waals surface area contributed by atoms with Crippen LogP contribution >= 0.6 is 23.4 Å². The third-order valence-electron chi connectivity index (χ3n) is 4.19. The van der Waals surface area contributed by atoms with Crippen LogP contribution in [0.25, 0.3) is 11.4 Å². The molecule has 2 N–H and O–H groups in total. The topological polar surface area (TPSA) is 70.7 Å². The summed E-state index contributed by atoms with van der Waals surface area (Å²) in [6, 6.07) is 7.72. The van der Waals surface area contributed by atoms with Crippen molar-refractivity contribution in [2.24, 2.45) is 0 Å². The first-order chi connectivity index (χ1) is 11.6. The van der Waals surface area contributed by atoms with E-state index in [2.05, 4.69) is 20.5 Å². The lowest BCUT2D eigenvalue weighted by atomic mass is 9.95. The van der Waals surface area contributed by atoms with E-state index in [1.165, 1.54) is 31.0 Å². The van der Waals surface area contributed by atoms with Crippen LogP contribution in [0.1, 0.15) is 39.0 Å². The Kier molecular flexibility index (Phi) is 5.79. The number of aromatic amines is 1. The Bertz CT molecular complexity index is 682. The second kappa shape index (κ2) is 8.03. The van der Waals surface area contributed by atoms with Crippen molar-refractivity contribution in [2.75, 3.05) is 0 Å². The van der Waals surface area contributed by atoms with Crippen molar-refractivity contribution in [2.45, 2.75) is 55.5 Å². The summed E-state index contributed by atoms with van der Waals surface area (Å²) < 4.78 is 0. The van der Waals surface area contributed by atoms with Gasteiger partial charge in [0, 0.05) is 16.6 Å². The fourth-order valence-electron chi connectivity index (χ4n) is 2.81. The molecule has 0 aliphatic heterocycles. The number of carbonyl (C=O) groups excluding carboxylic acids is 1. The number of rotatable bonds is 5. The quantitative estimate of drug-likeness (QED) is 0.785. The van der Waals surface area contributed by atoms with E-state index in [1.807, 2.05) is 31.2 Å². The van der Waals surface area contributed by atoms with Gasteiger partial charge in [0.15, 0.2) is 5.82 Å². The molecule has 1 aliphatic rings. The Labute approximate surface area is 151 Å². The van der Waals surface area contributed by atoms with Crippen molar-refractivity contribution in [1.29, 1.82) is 0 Å². The molecule has 1 aromatic heterocycles. The molecule has 7 heteroatoms. The van der Waals surface area contributed by atoms with E-state index < -0.39 is 0 Å². The minimum atomic E-state index is -0.221. The fourth-order valence-corrected chi connectivity index (χ4v) is 3.67. The highest BCUT2D eigenvalue weighted by molar-refractivity contribution is 8.00. The predicted octanol–water partition coefficient (Wildman–Crippen LogP) is 4.05. The number of halogens is 1.